The number of hydrogen-bond donors (Lipinski definition) is 2. The topological polar surface area (TPSA) is 72.9 Å². The summed E-state index contributed by atoms with van der Waals surface area (Å²) in [5, 5.41) is 12.2. The summed E-state index contributed by atoms with van der Waals surface area (Å²) in [7, 11) is 0. The van der Waals surface area contributed by atoms with Crippen molar-refractivity contribution in [2.45, 2.75) is 19.3 Å². The molecule has 6 nitrogen and oxygen atoms in total. The molecule has 0 aliphatic carbocycles. The fourth-order valence-electron chi connectivity index (χ4n) is 2.65. The molecular formula is C12H21N3O3. The zero-order valence-electron chi connectivity index (χ0n) is 10.6. The minimum atomic E-state index is -0.886. The van der Waals surface area contributed by atoms with E-state index in [-0.39, 0.29) is 11.8 Å². The molecule has 2 saturated heterocycles. The van der Waals surface area contributed by atoms with Crippen molar-refractivity contribution in [2.75, 3.05) is 39.3 Å². The average Bonchev–Trinajstić information content (AvgIpc) is 2.64. The Balaban J connectivity index is 1.88. The van der Waals surface area contributed by atoms with Crippen LogP contribution >= 0.6 is 0 Å². The number of carbonyl (C=O) groups excluding carboxylic acids is 1. The highest BCUT2D eigenvalue weighted by Gasteiger charge is 2.28. The third-order valence-electron chi connectivity index (χ3n) is 3.72. The van der Waals surface area contributed by atoms with E-state index < -0.39 is 6.09 Å². The molecule has 0 aromatic rings. The predicted molar refractivity (Wildman–Crippen MR) is 66.4 cm³/mol. The van der Waals surface area contributed by atoms with Crippen LogP contribution in [0.25, 0.3) is 0 Å². The van der Waals surface area contributed by atoms with Gasteiger partial charge in [-0.05, 0) is 25.8 Å². The van der Waals surface area contributed by atoms with Crippen LogP contribution in [-0.2, 0) is 4.79 Å². The van der Waals surface area contributed by atoms with Gasteiger partial charge < -0.3 is 20.2 Å². The van der Waals surface area contributed by atoms with E-state index in [9.17, 15) is 9.59 Å². The molecule has 2 aliphatic heterocycles. The van der Waals surface area contributed by atoms with Crippen molar-refractivity contribution < 1.29 is 14.7 Å². The Labute approximate surface area is 107 Å². The first-order chi connectivity index (χ1) is 8.68. The van der Waals surface area contributed by atoms with Gasteiger partial charge in [-0.2, -0.15) is 0 Å². The third kappa shape index (κ3) is 3.13. The van der Waals surface area contributed by atoms with E-state index in [2.05, 4.69) is 5.32 Å². The Bertz CT molecular complexity index is 316. The summed E-state index contributed by atoms with van der Waals surface area (Å²) in [6, 6.07) is 0. The summed E-state index contributed by atoms with van der Waals surface area (Å²) in [5.74, 6) is 0.268. The average molecular weight is 255 g/mol. The van der Waals surface area contributed by atoms with Gasteiger partial charge in [-0.3, -0.25) is 4.79 Å². The maximum atomic E-state index is 12.3. The molecule has 18 heavy (non-hydrogen) atoms. The quantitative estimate of drug-likeness (QED) is 0.702. The van der Waals surface area contributed by atoms with E-state index in [1.807, 2.05) is 4.90 Å². The summed E-state index contributed by atoms with van der Waals surface area (Å²) >= 11 is 0. The van der Waals surface area contributed by atoms with Crippen LogP contribution in [0, 0.1) is 5.92 Å². The summed E-state index contributed by atoms with van der Waals surface area (Å²) in [6.45, 7) is 3.93. The molecule has 102 valence electrons. The Kier molecular flexibility index (Phi) is 4.41. The number of carbonyl (C=O) groups is 2. The molecule has 0 aromatic carbocycles. The van der Waals surface area contributed by atoms with E-state index in [1.165, 1.54) is 4.90 Å². The van der Waals surface area contributed by atoms with Gasteiger partial charge in [0, 0.05) is 32.7 Å². The van der Waals surface area contributed by atoms with E-state index in [0.29, 0.717) is 26.2 Å². The Morgan fingerprint density at radius 2 is 1.78 bits per heavy atom. The van der Waals surface area contributed by atoms with Gasteiger partial charge in [-0.1, -0.05) is 0 Å². The Hall–Kier alpha value is -1.30. The summed E-state index contributed by atoms with van der Waals surface area (Å²) in [4.78, 5) is 26.4. The number of piperidine rings is 1. The summed E-state index contributed by atoms with van der Waals surface area (Å²) in [6.07, 6.45) is 1.85. The monoisotopic (exact) mass is 255 g/mol. The first-order valence-corrected chi connectivity index (χ1v) is 6.66. The molecule has 0 aromatic heterocycles. The zero-order chi connectivity index (χ0) is 13.0. The van der Waals surface area contributed by atoms with Gasteiger partial charge in [0.15, 0.2) is 0 Å². The second kappa shape index (κ2) is 6.04. The van der Waals surface area contributed by atoms with Crippen LogP contribution in [0.4, 0.5) is 4.79 Å². The van der Waals surface area contributed by atoms with E-state index in [0.717, 1.165) is 32.4 Å². The minimum absolute atomic E-state index is 0.0788. The lowest BCUT2D eigenvalue weighted by Crippen LogP contribution is -2.44. The highest BCUT2D eigenvalue weighted by molar-refractivity contribution is 5.79. The molecule has 0 spiro atoms. The molecule has 2 amide bonds. The molecule has 1 atom stereocenters. The van der Waals surface area contributed by atoms with Crippen molar-refractivity contribution in [2.24, 2.45) is 5.92 Å². The molecular weight excluding hydrogens is 234 g/mol. The van der Waals surface area contributed by atoms with Crippen molar-refractivity contribution in [1.82, 2.24) is 15.1 Å². The number of rotatable bonds is 1. The van der Waals surface area contributed by atoms with Gasteiger partial charge >= 0.3 is 6.09 Å². The van der Waals surface area contributed by atoms with Crippen LogP contribution in [0.3, 0.4) is 0 Å². The van der Waals surface area contributed by atoms with Gasteiger partial charge in [0.1, 0.15) is 0 Å². The second-order valence-corrected chi connectivity index (χ2v) is 4.99. The van der Waals surface area contributed by atoms with Crippen LogP contribution < -0.4 is 5.32 Å². The molecule has 2 fully saturated rings. The Morgan fingerprint density at radius 1 is 1.06 bits per heavy atom. The number of nitrogens with one attached hydrogen (secondary N) is 1. The largest absolute Gasteiger partial charge is 0.465 e. The molecule has 2 heterocycles. The van der Waals surface area contributed by atoms with Crippen LogP contribution in [-0.4, -0.2) is 66.2 Å². The molecule has 2 aliphatic rings. The van der Waals surface area contributed by atoms with E-state index >= 15 is 0 Å². The van der Waals surface area contributed by atoms with Crippen molar-refractivity contribution in [3.8, 4) is 0 Å². The van der Waals surface area contributed by atoms with Gasteiger partial charge in [-0.25, -0.2) is 4.79 Å². The highest BCUT2D eigenvalue weighted by Crippen LogP contribution is 2.15. The maximum absolute atomic E-state index is 12.3. The molecule has 0 bridgehead atoms. The van der Waals surface area contributed by atoms with Crippen molar-refractivity contribution in [3.63, 3.8) is 0 Å². The predicted octanol–water partition coefficient (Wildman–Crippen LogP) is 0.198. The fourth-order valence-corrected chi connectivity index (χ4v) is 2.65. The molecule has 6 heteroatoms. The third-order valence-corrected chi connectivity index (χ3v) is 3.72. The van der Waals surface area contributed by atoms with E-state index in [4.69, 9.17) is 5.11 Å². The van der Waals surface area contributed by atoms with Gasteiger partial charge in [0.25, 0.3) is 0 Å². The highest BCUT2D eigenvalue weighted by atomic mass is 16.4. The zero-order valence-corrected chi connectivity index (χ0v) is 10.6. The fraction of sp³-hybridized carbons (Fsp3) is 0.833. The maximum Gasteiger partial charge on any atom is 0.407 e. The second-order valence-electron chi connectivity index (χ2n) is 4.99. The van der Waals surface area contributed by atoms with Crippen LogP contribution in [0.5, 0.6) is 0 Å². The normalized spacial score (nSPS) is 25.7. The van der Waals surface area contributed by atoms with Crippen molar-refractivity contribution in [1.29, 1.82) is 0 Å². The van der Waals surface area contributed by atoms with Crippen LogP contribution in [0.2, 0.25) is 0 Å². The molecule has 0 saturated carbocycles. The first kappa shape index (κ1) is 13.1. The number of nitrogens with zero attached hydrogens (tertiary/aromatic N) is 2. The lowest BCUT2D eigenvalue weighted by atomic mass is 9.98. The van der Waals surface area contributed by atoms with E-state index in [1.54, 1.807) is 0 Å². The standard InChI is InChI=1S/C12H21N3O3/c16-11(10-3-1-4-13-9-10)14-5-2-6-15(8-7-14)12(17)18/h10,13H,1-9H2,(H,17,18). The minimum Gasteiger partial charge on any atom is -0.465 e. The lowest BCUT2D eigenvalue weighted by molar-refractivity contribution is -0.135. The Morgan fingerprint density at radius 3 is 2.44 bits per heavy atom. The van der Waals surface area contributed by atoms with Gasteiger partial charge in [0.05, 0.1) is 5.92 Å². The number of amides is 2. The summed E-state index contributed by atoms with van der Waals surface area (Å²) < 4.78 is 0. The summed E-state index contributed by atoms with van der Waals surface area (Å²) in [5.41, 5.74) is 0. The smallest absolute Gasteiger partial charge is 0.407 e. The first-order valence-electron chi connectivity index (χ1n) is 6.66. The number of carboxylic acid groups (broad SMARTS) is 1. The molecule has 2 N–H and O–H groups in total. The lowest BCUT2D eigenvalue weighted by Gasteiger charge is -2.28. The molecule has 2 rings (SSSR count). The van der Waals surface area contributed by atoms with Gasteiger partial charge in [-0.15, -0.1) is 0 Å². The van der Waals surface area contributed by atoms with Gasteiger partial charge in [0.2, 0.25) is 5.91 Å². The van der Waals surface area contributed by atoms with Crippen LogP contribution in [0.1, 0.15) is 19.3 Å². The SMILES string of the molecule is O=C(O)N1CCCN(C(=O)C2CCCNC2)CC1. The number of hydrogen-bond acceptors (Lipinski definition) is 3. The van der Waals surface area contributed by atoms with Crippen molar-refractivity contribution >= 4 is 12.0 Å². The molecule has 1 unspecified atom stereocenters. The van der Waals surface area contributed by atoms with Crippen LogP contribution in [0.15, 0.2) is 0 Å². The van der Waals surface area contributed by atoms with Crippen molar-refractivity contribution in [3.05, 3.63) is 0 Å². The molecule has 0 radical (unpaired) electrons.